The zero-order chi connectivity index (χ0) is 11.9. The van der Waals surface area contributed by atoms with E-state index in [2.05, 4.69) is 12.2 Å². The van der Waals surface area contributed by atoms with Crippen LogP contribution in [0.25, 0.3) is 0 Å². The summed E-state index contributed by atoms with van der Waals surface area (Å²) in [7, 11) is 0. The molecule has 2 atom stereocenters. The van der Waals surface area contributed by atoms with E-state index in [1.807, 2.05) is 0 Å². The van der Waals surface area contributed by atoms with E-state index in [-0.39, 0.29) is 0 Å². The molecule has 2 rings (SSSR count). The fourth-order valence-corrected chi connectivity index (χ4v) is 3.67. The molecule has 0 amide bonds. The molecule has 0 aliphatic heterocycles. The van der Waals surface area contributed by atoms with Crippen molar-refractivity contribution in [3.8, 4) is 0 Å². The minimum absolute atomic E-state index is 0.821. The van der Waals surface area contributed by atoms with Crippen LogP contribution < -0.4 is 5.32 Å². The van der Waals surface area contributed by atoms with Crippen molar-refractivity contribution in [1.29, 1.82) is 0 Å². The summed E-state index contributed by atoms with van der Waals surface area (Å²) in [5.41, 5.74) is 0. The van der Waals surface area contributed by atoms with Gasteiger partial charge in [-0.25, -0.2) is 0 Å². The minimum Gasteiger partial charge on any atom is -0.311 e. The first-order valence-electron chi connectivity index (χ1n) is 8.12. The fourth-order valence-electron chi connectivity index (χ4n) is 3.67. The van der Waals surface area contributed by atoms with Gasteiger partial charge in [0.1, 0.15) is 0 Å². The van der Waals surface area contributed by atoms with Crippen molar-refractivity contribution in [3.63, 3.8) is 0 Å². The van der Waals surface area contributed by atoms with Crippen LogP contribution in [0, 0.1) is 5.92 Å². The molecular weight excluding hydrogens is 206 g/mol. The lowest BCUT2D eigenvalue weighted by Crippen LogP contribution is -2.42. The predicted octanol–water partition coefficient (Wildman–Crippen LogP) is 4.66. The molecule has 0 bridgehead atoms. The molecule has 17 heavy (non-hydrogen) atoms. The van der Waals surface area contributed by atoms with Crippen LogP contribution in [0.3, 0.4) is 0 Å². The molecule has 0 spiro atoms. The molecule has 1 heteroatoms. The highest BCUT2D eigenvalue weighted by molar-refractivity contribution is 4.81. The van der Waals surface area contributed by atoms with Crippen molar-refractivity contribution in [2.24, 2.45) is 5.92 Å². The maximum Gasteiger partial charge on any atom is 0.00952 e. The molecule has 2 unspecified atom stereocenters. The number of nitrogens with one attached hydrogen (secondary N) is 1. The lowest BCUT2D eigenvalue weighted by molar-refractivity contribution is 0.287. The van der Waals surface area contributed by atoms with E-state index in [9.17, 15) is 0 Å². The highest BCUT2D eigenvalue weighted by Crippen LogP contribution is 2.25. The standard InChI is InChI=1S/C16H31N/c1-14-10-6-5-9-13-16(14)17-15-11-7-3-2-4-8-12-15/h14-17H,2-13H2,1H3. The van der Waals surface area contributed by atoms with Gasteiger partial charge in [0.05, 0.1) is 0 Å². The highest BCUT2D eigenvalue weighted by Gasteiger charge is 2.22. The molecule has 2 saturated carbocycles. The third-order valence-electron chi connectivity index (χ3n) is 4.92. The van der Waals surface area contributed by atoms with Gasteiger partial charge in [-0.1, -0.05) is 58.3 Å². The highest BCUT2D eigenvalue weighted by atomic mass is 15.0. The zero-order valence-corrected chi connectivity index (χ0v) is 11.7. The fraction of sp³-hybridized carbons (Fsp3) is 1.00. The topological polar surface area (TPSA) is 12.0 Å². The van der Waals surface area contributed by atoms with E-state index in [0.717, 1.165) is 18.0 Å². The van der Waals surface area contributed by atoms with E-state index in [0.29, 0.717) is 0 Å². The Labute approximate surface area is 108 Å². The third-order valence-corrected chi connectivity index (χ3v) is 4.92. The van der Waals surface area contributed by atoms with Crippen molar-refractivity contribution < 1.29 is 0 Å². The Morgan fingerprint density at radius 1 is 0.647 bits per heavy atom. The molecule has 100 valence electrons. The summed E-state index contributed by atoms with van der Waals surface area (Å²) < 4.78 is 0. The van der Waals surface area contributed by atoms with Crippen molar-refractivity contribution in [2.75, 3.05) is 0 Å². The predicted molar refractivity (Wildman–Crippen MR) is 75.3 cm³/mol. The number of rotatable bonds is 2. The molecule has 0 saturated heterocycles. The molecule has 2 aliphatic rings. The summed E-state index contributed by atoms with van der Waals surface area (Å²) >= 11 is 0. The van der Waals surface area contributed by atoms with Crippen LogP contribution in [0.1, 0.15) is 84.0 Å². The molecule has 0 aromatic heterocycles. The van der Waals surface area contributed by atoms with Crippen molar-refractivity contribution in [1.82, 2.24) is 5.32 Å². The summed E-state index contributed by atoms with van der Waals surface area (Å²) in [6.45, 7) is 2.46. The number of hydrogen-bond acceptors (Lipinski definition) is 1. The third kappa shape index (κ3) is 4.62. The second kappa shape index (κ2) is 7.41. The monoisotopic (exact) mass is 237 g/mol. The Morgan fingerprint density at radius 2 is 1.18 bits per heavy atom. The van der Waals surface area contributed by atoms with Crippen LogP contribution in [0.4, 0.5) is 0 Å². The van der Waals surface area contributed by atoms with E-state index < -0.39 is 0 Å². The molecule has 1 nitrogen and oxygen atoms in total. The van der Waals surface area contributed by atoms with Crippen LogP contribution in [0.2, 0.25) is 0 Å². The van der Waals surface area contributed by atoms with E-state index in [4.69, 9.17) is 0 Å². The van der Waals surface area contributed by atoms with Gasteiger partial charge < -0.3 is 5.32 Å². The van der Waals surface area contributed by atoms with E-state index in [1.54, 1.807) is 0 Å². The van der Waals surface area contributed by atoms with Gasteiger partial charge in [0.2, 0.25) is 0 Å². The molecule has 0 heterocycles. The van der Waals surface area contributed by atoms with Gasteiger partial charge in [-0.05, 0) is 31.6 Å². The second-order valence-electron chi connectivity index (χ2n) is 6.43. The second-order valence-corrected chi connectivity index (χ2v) is 6.43. The maximum atomic E-state index is 4.02. The Hall–Kier alpha value is -0.0400. The van der Waals surface area contributed by atoms with Gasteiger partial charge >= 0.3 is 0 Å². The van der Waals surface area contributed by atoms with Crippen LogP contribution in [0.15, 0.2) is 0 Å². The van der Waals surface area contributed by atoms with Gasteiger partial charge in [-0.2, -0.15) is 0 Å². The van der Waals surface area contributed by atoms with Crippen molar-refractivity contribution in [2.45, 2.75) is 96.1 Å². The first-order valence-corrected chi connectivity index (χ1v) is 8.12. The quantitative estimate of drug-likeness (QED) is 0.689. The molecular formula is C16H31N. The van der Waals surface area contributed by atoms with Gasteiger partial charge in [-0.3, -0.25) is 0 Å². The number of hydrogen-bond donors (Lipinski definition) is 1. The molecule has 0 aromatic carbocycles. The first-order chi connectivity index (χ1) is 8.36. The average Bonchev–Trinajstić information content (AvgIpc) is 2.48. The van der Waals surface area contributed by atoms with E-state index >= 15 is 0 Å². The van der Waals surface area contributed by atoms with Gasteiger partial charge in [0.15, 0.2) is 0 Å². The molecule has 2 fully saturated rings. The normalized spacial score (nSPS) is 33.7. The zero-order valence-electron chi connectivity index (χ0n) is 11.7. The van der Waals surface area contributed by atoms with Crippen LogP contribution in [-0.4, -0.2) is 12.1 Å². The van der Waals surface area contributed by atoms with Crippen LogP contribution in [0.5, 0.6) is 0 Å². The van der Waals surface area contributed by atoms with Crippen molar-refractivity contribution >= 4 is 0 Å². The Balaban J connectivity index is 1.79. The smallest absolute Gasteiger partial charge is 0.00952 e. The van der Waals surface area contributed by atoms with Gasteiger partial charge in [-0.15, -0.1) is 0 Å². The summed E-state index contributed by atoms with van der Waals surface area (Å²) in [5.74, 6) is 0.906. The maximum absolute atomic E-state index is 4.02. The largest absolute Gasteiger partial charge is 0.311 e. The summed E-state index contributed by atoms with van der Waals surface area (Å²) in [5, 5.41) is 4.02. The SMILES string of the molecule is CC1CCCCCC1NC1CCCCCCC1. The lowest BCUT2D eigenvalue weighted by atomic mass is 9.92. The molecule has 0 radical (unpaired) electrons. The summed E-state index contributed by atoms with van der Waals surface area (Å²) in [6.07, 6.45) is 17.5. The van der Waals surface area contributed by atoms with Crippen LogP contribution >= 0.6 is 0 Å². The van der Waals surface area contributed by atoms with Crippen molar-refractivity contribution in [3.05, 3.63) is 0 Å². The summed E-state index contributed by atoms with van der Waals surface area (Å²) in [4.78, 5) is 0. The lowest BCUT2D eigenvalue weighted by Gasteiger charge is -2.30. The van der Waals surface area contributed by atoms with E-state index in [1.165, 1.54) is 77.0 Å². The summed E-state index contributed by atoms with van der Waals surface area (Å²) in [6, 6.07) is 1.66. The average molecular weight is 237 g/mol. The van der Waals surface area contributed by atoms with Gasteiger partial charge in [0.25, 0.3) is 0 Å². The van der Waals surface area contributed by atoms with Crippen LogP contribution in [-0.2, 0) is 0 Å². The molecule has 1 N–H and O–H groups in total. The van der Waals surface area contributed by atoms with Gasteiger partial charge in [0, 0.05) is 12.1 Å². The minimum atomic E-state index is 0.821. The molecule has 0 aromatic rings. The molecule has 2 aliphatic carbocycles. The Bertz CT molecular complexity index is 194. The Morgan fingerprint density at radius 3 is 1.94 bits per heavy atom. The first kappa shape index (κ1) is 13.4. The Kier molecular flexibility index (Phi) is 5.84.